The van der Waals surface area contributed by atoms with Crippen molar-refractivity contribution in [3.05, 3.63) is 46.3 Å². The molecule has 0 aliphatic carbocycles. The molecule has 1 N–H and O–H groups in total. The number of thiophene rings is 1. The van der Waals surface area contributed by atoms with Crippen LogP contribution >= 0.6 is 22.7 Å². The molecule has 0 amide bonds. The van der Waals surface area contributed by atoms with Crippen molar-refractivity contribution in [1.82, 2.24) is 9.97 Å². The summed E-state index contributed by atoms with van der Waals surface area (Å²) in [5.74, 6) is -0.914. The number of carboxylic acid groups (broad SMARTS) is 1. The van der Waals surface area contributed by atoms with Crippen LogP contribution in [0.4, 0.5) is 0 Å². The van der Waals surface area contributed by atoms with Crippen LogP contribution in [0.5, 0.6) is 0 Å². The molecular formula is C14H10N2O2S2. The van der Waals surface area contributed by atoms with Gasteiger partial charge in [-0.2, -0.15) is 0 Å². The van der Waals surface area contributed by atoms with Gasteiger partial charge in [0.1, 0.15) is 5.01 Å². The van der Waals surface area contributed by atoms with E-state index in [0.29, 0.717) is 5.56 Å². The van der Waals surface area contributed by atoms with Crippen LogP contribution < -0.4 is 0 Å². The van der Waals surface area contributed by atoms with E-state index in [0.717, 1.165) is 26.8 Å². The molecule has 0 spiro atoms. The second kappa shape index (κ2) is 5.15. The monoisotopic (exact) mass is 302 g/mol. The minimum Gasteiger partial charge on any atom is -0.478 e. The van der Waals surface area contributed by atoms with E-state index in [-0.39, 0.29) is 0 Å². The first-order valence-electron chi connectivity index (χ1n) is 5.84. The number of aromatic carboxylic acids is 1. The van der Waals surface area contributed by atoms with Crippen molar-refractivity contribution in [2.75, 3.05) is 0 Å². The minimum absolute atomic E-state index is 0.299. The first-order valence-corrected chi connectivity index (χ1v) is 7.60. The third kappa shape index (κ3) is 2.48. The van der Waals surface area contributed by atoms with Crippen LogP contribution in [0.3, 0.4) is 0 Å². The summed E-state index contributed by atoms with van der Waals surface area (Å²) in [6, 6.07) is 5.58. The average Bonchev–Trinajstić information content (AvgIpc) is 3.08. The number of aromatic nitrogens is 2. The lowest BCUT2D eigenvalue weighted by Gasteiger charge is -1.96. The molecule has 3 aromatic heterocycles. The highest BCUT2D eigenvalue weighted by molar-refractivity contribution is 7.15. The van der Waals surface area contributed by atoms with Crippen LogP contribution in [0.2, 0.25) is 0 Å². The number of carbonyl (C=O) groups is 1. The fourth-order valence-corrected chi connectivity index (χ4v) is 3.44. The van der Waals surface area contributed by atoms with Crippen LogP contribution in [0.1, 0.15) is 15.9 Å². The van der Waals surface area contributed by atoms with Gasteiger partial charge in [-0.1, -0.05) is 0 Å². The number of pyridine rings is 1. The Morgan fingerprint density at radius 3 is 2.75 bits per heavy atom. The molecule has 0 aliphatic rings. The summed E-state index contributed by atoms with van der Waals surface area (Å²) >= 11 is 2.90. The van der Waals surface area contributed by atoms with E-state index in [9.17, 15) is 4.79 Å². The molecule has 0 fully saturated rings. The minimum atomic E-state index is -0.914. The van der Waals surface area contributed by atoms with Crippen LogP contribution in [0.25, 0.3) is 21.3 Å². The van der Waals surface area contributed by atoms with Gasteiger partial charge in [0.25, 0.3) is 0 Å². The highest BCUT2D eigenvalue weighted by Gasteiger charge is 2.12. The zero-order valence-corrected chi connectivity index (χ0v) is 12.2. The smallest absolute Gasteiger partial charge is 0.336 e. The van der Waals surface area contributed by atoms with Gasteiger partial charge in [0.15, 0.2) is 0 Å². The maximum atomic E-state index is 10.9. The van der Waals surface area contributed by atoms with Crippen molar-refractivity contribution >= 4 is 28.6 Å². The normalized spacial score (nSPS) is 10.7. The molecule has 4 nitrogen and oxygen atoms in total. The van der Waals surface area contributed by atoms with E-state index in [2.05, 4.69) is 9.97 Å². The molecule has 0 saturated carbocycles. The van der Waals surface area contributed by atoms with Crippen LogP contribution in [-0.2, 0) is 0 Å². The Kier molecular flexibility index (Phi) is 3.33. The number of carboxylic acids is 1. The number of hydrogen-bond donors (Lipinski definition) is 1. The Hall–Kier alpha value is -2.05. The quantitative estimate of drug-likeness (QED) is 0.796. The molecule has 0 unspecified atom stereocenters. The van der Waals surface area contributed by atoms with Gasteiger partial charge in [0, 0.05) is 17.0 Å². The Bertz CT molecular complexity index is 777. The summed E-state index contributed by atoms with van der Waals surface area (Å²) < 4.78 is 0. The molecule has 0 saturated heterocycles. The summed E-state index contributed by atoms with van der Waals surface area (Å²) in [5.41, 5.74) is 3.08. The first kappa shape index (κ1) is 13.0. The van der Waals surface area contributed by atoms with Gasteiger partial charge in [-0.15, -0.1) is 22.7 Å². The number of rotatable bonds is 3. The highest BCUT2D eigenvalue weighted by Crippen LogP contribution is 2.31. The second-order valence-electron chi connectivity index (χ2n) is 4.26. The predicted octanol–water partition coefficient (Wildman–Crippen LogP) is 3.94. The zero-order chi connectivity index (χ0) is 14.1. The molecule has 0 aromatic carbocycles. The third-order valence-electron chi connectivity index (χ3n) is 2.74. The topological polar surface area (TPSA) is 63.1 Å². The molecule has 0 bridgehead atoms. The van der Waals surface area contributed by atoms with E-state index in [1.807, 2.05) is 24.4 Å². The van der Waals surface area contributed by atoms with E-state index < -0.39 is 5.97 Å². The summed E-state index contributed by atoms with van der Waals surface area (Å²) in [6.07, 6.45) is 1.76. The summed E-state index contributed by atoms with van der Waals surface area (Å²) in [6.45, 7) is 2.01. The van der Waals surface area contributed by atoms with E-state index in [1.165, 1.54) is 22.7 Å². The van der Waals surface area contributed by atoms with Crippen molar-refractivity contribution in [1.29, 1.82) is 0 Å². The Balaban J connectivity index is 1.95. The van der Waals surface area contributed by atoms with Crippen molar-refractivity contribution in [3.63, 3.8) is 0 Å². The number of nitrogens with zero attached hydrogens (tertiary/aromatic N) is 2. The molecule has 3 rings (SSSR count). The lowest BCUT2D eigenvalue weighted by atomic mass is 10.2. The van der Waals surface area contributed by atoms with E-state index >= 15 is 0 Å². The van der Waals surface area contributed by atoms with Crippen molar-refractivity contribution < 1.29 is 9.90 Å². The highest BCUT2D eigenvalue weighted by atomic mass is 32.1. The standard InChI is InChI=1S/C14H10N2O2S2/c1-8-2-3-15-10(4-8)13-16-11(7-20-13)12-5-9(6-19-12)14(17)18/h2-7H,1H3,(H,17,18). The molecular weight excluding hydrogens is 292 g/mol. The molecule has 3 aromatic rings. The van der Waals surface area contributed by atoms with Crippen molar-refractivity contribution in [3.8, 4) is 21.3 Å². The molecule has 100 valence electrons. The molecule has 0 radical (unpaired) electrons. The number of thiazole rings is 1. The SMILES string of the molecule is Cc1ccnc(-c2nc(-c3cc(C(=O)O)cs3)cs2)c1. The van der Waals surface area contributed by atoms with Gasteiger partial charge < -0.3 is 5.11 Å². The summed E-state index contributed by atoms with van der Waals surface area (Å²) in [4.78, 5) is 20.6. The third-order valence-corrected chi connectivity index (χ3v) is 4.56. The van der Waals surface area contributed by atoms with Gasteiger partial charge in [0.05, 0.1) is 21.8 Å². The molecule has 6 heteroatoms. The molecule has 0 aliphatic heterocycles. The van der Waals surface area contributed by atoms with Gasteiger partial charge in [-0.25, -0.2) is 9.78 Å². The number of aryl methyl sites for hydroxylation is 1. The zero-order valence-electron chi connectivity index (χ0n) is 10.5. The van der Waals surface area contributed by atoms with Gasteiger partial charge in [-0.05, 0) is 30.7 Å². The van der Waals surface area contributed by atoms with Gasteiger partial charge >= 0.3 is 5.97 Å². The lowest BCUT2D eigenvalue weighted by Crippen LogP contribution is -1.91. The predicted molar refractivity (Wildman–Crippen MR) is 80.4 cm³/mol. The Morgan fingerprint density at radius 2 is 2.05 bits per heavy atom. The fourth-order valence-electron chi connectivity index (χ4n) is 1.74. The fraction of sp³-hybridized carbons (Fsp3) is 0.0714. The maximum absolute atomic E-state index is 10.9. The average molecular weight is 302 g/mol. The maximum Gasteiger partial charge on any atom is 0.336 e. The summed E-state index contributed by atoms with van der Waals surface area (Å²) in [5, 5.41) is 13.3. The van der Waals surface area contributed by atoms with Gasteiger partial charge in [-0.3, -0.25) is 4.98 Å². The van der Waals surface area contributed by atoms with E-state index in [1.54, 1.807) is 17.6 Å². The van der Waals surface area contributed by atoms with Gasteiger partial charge in [0.2, 0.25) is 0 Å². The molecule has 20 heavy (non-hydrogen) atoms. The largest absolute Gasteiger partial charge is 0.478 e. The van der Waals surface area contributed by atoms with Crippen molar-refractivity contribution in [2.45, 2.75) is 6.92 Å². The second-order valence-corrected chi connectivity index (χ2v) is 6.03. The van der Waals surface area contributed by atoms with Crippen LogP contribution in [0.15, 0.2) is 35.2 Å². The summed E-state index contributed by atoms with van der Waals surface area (Å²) in [7, 11) is 0. The Morgan fingerprint density at radius 1 is 1.20 bits per heavy atom. The first-order chi connectivity index (χ1) is 9.63. The van der Waals surface area contributed by atoms with Crippen LogP contribution in [0, 0.1) is 6.92 Å². The van der Waals surface area contributed by atoms with E-state index in [4.69, 9.17) is 5.11 Å². The molecule has 0 atom stereocenters. The van der Waals surface area contributed by atoms with Crippen LogP contribution in [-0.4, -0.2) is 21.0 Å². The molecule has 3 heterocycles. The van der Waals surface area contributed by atoms with Crippen molar-refractivity contribution in [2.24, 2.45) is 0 Å². The lowest BCUT2D eigenvalue weighted by molar-refractivity contribution is 0.0697. The Labute approximate surface area is 123 Å². The number of hydrogen-bond acceptors (Lipinski definition) is 5.